The zero-order chi connectivity index (χ0) is 14.7. The van der Waals surface area contributed by atoms with Crippen LogP contribution < -0.4 is 5.73 Å². The number of piperidine rings is 1. The minimum atomic E-state index is 0.0953. The number of nitrogens with two attached hydrogens (primary N) is 1. The van der Waals surface area contributed by atoms with Gasteiger partial charge in [0, 0.05) is 24.0 Å². The van der Waals surface area contributed by atoms with E-state index in [1.807, 2.05) is 11.9 Å². The molecule has 2 aliphatic rings. The molecule has 1 aliphatic heterocycles. The first-order valence-corrected chi connectivity index (χ1v) is 9.00. The Morgan fingerprint density at radius 2 is 2.00 bits per heavy atom. The number of hydrogen-bond acceptors (Lipinski definition) is 3. The molecule has 0 amide bonds. The predicted molar refractivity (Wildman–Crippen MR) is 92.1 cm³/mol. The Morgan fingerprint density at radius 1 is 1.24 bits per heavy atom. The third kappa shape index (κ3) is 4.35. The van der Waals surface area contributed by atoms with E-state index in [1.54, 1.807) is 0 Å². The average molecular weight is 302 g/mol. The monoisotopic (exact) mass is 302 g/mol. The van der Waals surface area contributed by atoms with Crippen molar-refractivity contribution in [3.63, 3.8) is 0 Å². The molecule has 3 rings (SSSR count). The van der Waals surface area contributed by atoms with Crippen molar-refractivity contribution in [1.29, 1.82) is 0 Å². The molecule has 1 aromatic carbocycles. The van der Waals surface area contributed by atoms with Gasteiger partial charge in [0.1, 0.15) is 0 Å². The molecule has 1 saturated heterocycles. The van der Waals surface area contributed by atoms with Crippen molar-refractivity contribution in [2.24, 2.45) is 11.7 Å². The Balaban J connectivity index is 1.75. The van der Waals surface area contributed by atoms with Crippen molar-refractivity contribution in [3.8, 4) is 0 Å². The molecule has 3 heteroatoms. The van der Waals surface area contributed by atoms with Gasteiger partial charge in [0.15, 0.2) is 0 Å². The summed E-state index contributed by atoms with van der Waals surface area (Å²) in [5, 5.41) is 0. The van der Waals surface area contributed by atoms with Crippen LogP contribution >= 0.6 is 11.9 Å². The first kappa shape index (κ1) is 15.1. The number of benzene rings is 1. The fraction of sp³-hybridized carbons (Fsp3) is 0.556. The summed E-state index contributed by atoms with van der Waals surface area (Å²) < 4.78 is 2.50. The minimum absolute atomic E-state index is 0.0953. The molecule has 1 heterocycles. The van der Waals surface area contributed by atoms with Gasteiger partial charge in [0.2, 0.25) is 0 Å². The van der Waals surface area contributed by atoms with Crippen LogP contribution in [0.3, 0.4) is 0 Å². The highest BCUT2D eigenvalue weighted by Crippen LogP contribution is 2.33. The number of rotatable bonds is 5. The van der Waals surface area contributed by atoms with Crippen molar-refractivity contribution in [3.05, 3.63) is 35.4 Å². The average Bonchev–Trinajstić information content (AvgIpc) is 3.30. The van der Waals surface area contributed by atoms with Crippen LogP contribution in [-0.2, 0) is 0 Å². The Kier molecular flexibility index (Phi) is 5.04. The van der Waals surface area contributed by atoms with Gasteiger partial charge in [-0.3, -0.25) is 0 Å². The third-order valence-corrected chi connectivity index (χ3v) is 5.36. The van der Waals surface area contributed by atoms with Crippen LogP contribution in [0.4, 0.5) is 0 Å². The fourth-order valence-corrected chi connectivity index (χ4v) is 3.85. The zero-order valence-electron chi connectivity index (χ0n) is 12.9. The highest BCUT2D eigenvalue weighted by molar-refractivity contribution is 7.97. The molecule has 1 aromatic rings. The molecule has 0 spiro atoms. The van der Waals surface area contributed by atoms with Gasteiger partial charge in [0.05, 0.1) is 0 Å². The van der Waals surface area contributed by atoms with E-state index in [1.165, 1.54) is 61.2 Å². The molecule has 21 heavy (non-hydrogen) atoms. The van der Waals surface area contributed by atoms with E-state index < -0.39 is 0 Å². The lowest BCUT2D eigenvalue weighted by molar-refractivity contribution is 0.380. The van der Waals surface area contributed by atoms with Crippen molar-refractivity contribution >= 4 is 18.0 Å². The summed E-state index contributed by atoms with van der Waals surface area (Å²) >= 11 is 1.91. The van der Waals surface area contributed by atoms with Crippen LogP contribution in [0.5, 0.6) is 0 Å². The fourth-order valence-electron chi connectivity index (χ4n) is 2.80. The van der Waals surface area contributed by atoms with Crippen molar-refractivity contribution in [2.45, 2.75) is 50.0 Å². The molecule has 0 bridgehead atoms. The second-order valence-electron chi connectivity index (χ2n) is 6.36. The molecule has 0 radical (unpaired) electrons. The summed E-state index contributed by atoms with van der Waals surface area (Å²) in [7, 11) is 0. The van der Waals surface area contributed by atoms with E-state index >= 15 is 0 Å². The summed E-state index contributed by atoms with van der Waals surface area (Å²) in [4.78, 5) is 1.34. The Morgan fingerprint density at radius 3 is 2.67 bits per heavy atom. The Labute approximate surface area is 132 Å². The normalized spacial score (nSPS) is 21.8. The van der Waals surface area contributed by atoms with Crippen LogP contribution in [0.15, 0.2) is 29.2 Å². The summed E-state index contributed by atoms with van der Waals surface area (Å²) in [6, 6.07) is 6.85. The second kappa shape index (κ2) is 6.99. The molecular formula is C18H26N2S. The lowest BCUT2D eigenvalue weighted by Crippen LogP contribution is -2.22. The highest BCUT2D eigenvalue weighted by Gasteiger charge is 2.18. The quantitative estimate of drug-likeness (QED) is 0.805. The summed E-state index contributed by atoms with van der Waals surface area (Å²) in [6.07, 6.45) is 11.4. The molecule has 1 saturated carbocycles. The number of allylic oxidation sites excluding steroid dienone is 1. The van der Waals surface area contributed by atoms with E-state index in [2.05, 4.69) is 41.6 Å². The number of nitrogens with zero attached hydrogens (tertiary/aromatic N) is 1. The number of hydrogen-bond donors (Lipinski definition) is 1. The van der Waals surface area contributed by atoms with E-state index in [9.17, 15) is 0 Å². The maximum atomic E-state index is 6.12. The van der Waals surface area contributed by atoms with Gasteiger partial charge in [-0.15, -0.1) is 0 Å². The van der Waals surface area contributed by atoms with Gasteiger partial charge >= 0.3 is 0 Å². The van der Waals surface area contributed by atoms with Crippen LogP contribution in [0, 0.1) is 5.92 Å². The Hall–Kier alpha value is -0.770. The molecule has 0 unspecified atom stereocenters. The smallest absolute Gasteiger partial charge is 0.0272 e. The summed E-state index contributed by atoms with van der Waals surface area (Å²) in [5.74, 6) is 0.810. The molecular weight excluding hydrogens is 276 g/mol. The van der Waals surface area contributed by atoms with E-state index in [0.29, 0.717) is 0 Å². The first-order chi connectivity index (χ1) is 10.2. The molecule has 1 atom stereocenters. The maximum Gasteiger partial charge on any atom is 0.0272 e. The van der Waals surface area contributed by atoms with Gasteiger partial charge in [-0.05, 0) is 73.7 Å². The lowest BCUT2D eigenvalue weighted by Gasteiger charge is -2.25. The van der Waals surface area contributed by atoms with E-state index in [0.717, 1.165) is 5.92 Å². The van der Waals surface area contributed by atoms with Crippen LogP contribution in [0.1, 0.15) is 56.2 Å². The SMILES string of the molecule is C[C@@H](N)c1ccc(SN2CCCCC2)cc1/C=C/C1CC1. The molecule has 2 N–H and O–H groups in total. The van der Waals surface area contributed by atoms with Crippen LogP contribution in [0.25, 0.3) is 6.08 Å². The van der Waals surface area contributed by atoms with Gasteiger partial charge in [-0.2, -0.15) is 0 Å². The minimum Gasteiger partial charge on any atom is -0.324 e. The van der Waals surface area contributed by atoms with Crippen molar-refractivity contribution < 1.29 is 0 Å². The molecule has 2 fully saturated rings. The lowest BCUT2D eigenvalue weighted by atomic mass is 10.0. The van der Waals surface area contributed by atoms with Gasteiger partial charge in [-0.1, -0.05) is 24.6 Å². The zero-order valence-corrected chi connectivity index (χ0v) is 13.7. The highest BCUT2D eigenvalue weighted by atomic mass is 32.2. The first-order valence-electron chi connectivity index (χ1n) is 8.23. The van der Waals surface area contributed by atoms with E-state index in [-0.39, 0.29) is 6.04 Å². The van der Waals surface area contributed by atoms with Crippen molar-refractivity contribution in [2.75, 3.05) is 13.1 Å². The van der Waals surface area contributed by atoms with Crippen LogP contribution in [0.2, 0.25) is 0 Å². The van der Waals surface area contributed by atoms with Gasteiger partial charge in [0.25, 0.3) is 0 Å². The molecule has 2 nitrogen and oxygen atoms in total. The topological polar surface area (TPSA) is 29.3 Å². The van der Waals surface area contributed by atoms with Gasteiger partial charge in [-0.25, -0.2) is 4.31 Å². The van der Waals surface area contributed by atoms with E-state index in [4.69, 9.17) is 5.73 Å². The van der Waals surface area contributed by atoms with Crippen LogP contribution in [-0.4, -0.2) is 17.4 Å². The Bertz CT molecular complexity index is 500. The largest absolute Gasteiger partial charge is 0.324 e. The molecule has 114 valence electrons. The summed E-state index contributed by atoms with van der Waals surface area (Å²) in [6.45, 7) is 4.50. The maximum absolute atomic E-state index is 6.12. The summed E-state index contributed by atoms with van der Waals surface area (Å²) in [5.41, 5.74) is 8.68. The third-order valence-electron chi connectivity index (χ3n) is 4.27. The molecule has 0 aromatic heterocycles. The van der Waals surface area contributed by atoms with Gasteiger partial charge < -0.3 is 5.73 Å². The predicted octanol–water partition coefficient (Wildman–Crippen LogP) is 4.62. The second-order valence-corrected chi connectivity index (χ2v) is 7.53. The van der Waals surface area contributed by atoms with Crippen molar-refractivity contribution in [1.82, 2.24) is 4.31 Å². The molecule has 1 aliphatic carbocycles. The standard InChI is InChI=1S/C18H26N2S/c1-14(19)18-10-9-17(21-20-11-3-2-4-12-20)13-16(18)8-7-15-5-6-15/h7-10,13-15H,2-6,11-12,19H2,1H3/b8-7+/t14-/m1/s1.